The summed E-state index contributed by atoms with van der Waals surface area (Å²) in [5, 5.41) is 0.768. The molecule has 0 radical (unpaired) electrons. The van der Waals surface area contributed by atoms with Gasteiger partial charge in [-0.15, -0.1) is 0 Å². The molecule has 0 spiro atoms. The predicted molar refractivity (Wildman–Crippen MR) is 123 cm³/mol. The van der Waals surface area contributed by atoms with E-state index in [1.165, 1.54) is 0 Å². The fourth-order valence-electron chi connectivity index (χ4n) is 3.20. The first kappa shape index (κ1) is 20.6. The van der Waals surface area contributed by atoms with Crippen LogP contribution in [0.5, 0.6) is 0 Å². The molecule has 2 aromatic heterocycles. The van der Waals surface area contributed by atoms with E-state index in [0.29, 0.717) is 16.8 Å². The Morgan fingerprint density at radius 2 is 1.81 bits per heavy atom. The van der Waals surface area contributed by atoms with Crippen molar-refractivity contribution in [2.75, 3.05) is 4.72 Å². The van der Waals surface area contributed by atoms with Crippen LogP contribution in [0.3, 0.4) is 0 Å². The number of anilines is 1. The van der Waals surface area contributed by atoms with Crippen molar-refractivity contribution in [2.24, 2.45) is 0 Å². The second-order valence-electron chi connectivity index (χ2n) is 7.12. The van der Waals surface area contributed by atoms with Crippen LogP contribution in [-0.2, 0) is 16.4 Å². The molecule has 0 saturated heterocycles. The van der Waals surface area contributed by atoms with Gasteiger partial charge in [-0.05, 0) is 49.2 Å². The number of hydrogen-bond acceptors (Lipinski definition) is 4. The zero-order valence-electron chi connectivity index (χ0n) is 17.3. The van der Waals surface area contributed by atoms with Crippen molar-refractivity contribution >= 4 is 26.6 Å². The minimum absolute atomic E-state index is 0.135. The SMILES string of the molecule is CCc1cncc(C#Cc2ccccc2NS(=O)(=O)c2cccc3ccc(C)nc23)c1. The lowest BCUT2D eigenvalue weighted by Gasteiger charge is -2.12. The van der Waals surface area contributed by atoms with E-state index in [-0.39, 0.29) is 4.90 Å². The quantitative estimate of drug-likeness (QED) is 0.479. The fraction of sp³-hybridized carbons (Fsp3) is 0.120. The second-order valence-corrected chi connectivity index (χ2v) is 8.77. The Morgan fingerprint density at radius 1 is 0.968 bits per heavy atom. The molecule has 0 amide bonds. The van der Waals surface area contributed by atoms with E-state index in [9.17, 15) is 8.42 Å². The Hall–Kier alpha value is -3.69. The Bertz CT molecular complexity index is 1430. The van der Waals surface area contributed by atoms with Gasteiger partial charge in [-0.2, -0.15) is 0 Å². The monoisotopic (exact) mass is 427 g/mol. The molecule has 0 fully saturated rings. The second kappa shape index (κ2) is 8.58. The van der Waals surface area contributed by atoms with Gasteiger partial charge in [0.25, 0.3) is 10.0 Å². The highest BCUT2D eigenvalue weighted by atomic mass is 32.2. The van der Waals surface area contributed by atoms with Crippen LogP contribution in [-0.4, -0.2) is 18.4 Å². The molecule has 4 rings (SSSR count). The first-order chi connectivity index (χ1) is 15.0. The van der Waals surface area contributed by atoms with Crippen LogP contribution >= 0.6 is 0 Å². The van der Waals surface area contributed by atoms with E-state index in [4.69, 9.17) is 0 Å². The molecule has 0 atom stereocenters. The smallest absolute Gasteiger partial charge is 0.264 e. The number of nitrogens with one attached hydrogen (secondary N) is 1. The van der Waals surface area contributed by atoms with Crippen molar-refractivity contribution < 1.29 is 8.42 Å². The molecule has 0 unspecified atom stereocenters. The molecule has 0 aliphatic carbocycles. The van der Waals surface area contributed by atoms with Gasteiger partial charge in [0.05, 0.1) is 11.2 Å². The van der Waals surface area contributed by atoms with Crippen molar-refractivity contribution in [1.29, 1.82) is 0 Å². The first-order valence-electron chi connectivity index (χ1n) is 9.90. The average Bonchev–Trinajstić information content (AvgIpc) is 2.78. The largest absolute Gasteiger partial charge is 0.278 e. The van der Waals surface area contributed by atoms with Crippen LogP contribution in [0.4, 0.5) is 5.69 Å². The van der Waals surface area contributed by atoms with E-state index in [1.54, 1.807) is 36.5 Å². The highest BCUT2D eigenvalue weighted by Gasteiger charge is 2.19. The Kier molecular flexibility index (Phi) is 5.70. The van der Waals surface area contributed by atoms with E-state index in [1.807, 2.05) is 43.5 Å². The fourth-order valence-corrected chi connectivity index (χ4v) is 4.46. The Morgan fingerprint density at radius 3 is 2.65 bits per heavy atom. The summed E-state index contributed by atoms with van der Waals surface area (Å²) in [4.78, 5) is 8.78. The molecular weight excluding hydrogens is 406 g/mol. The summed E-state index contributed by atoms with van der Waals surface area (Å²) in [6.07, 6.45) is 4.38. The maximum Gasteiger partial charge on any atom is 0.264 e. The zero-order valence-corrected chi connectivity index (χ0v) is 18.1. The van der Waals surface area contributed by atoms with Gasteiger partial charge in [-0.1, -0.05) is 49.1 Å². The lowest BCUT2D eigenvalue weighted by Crippen LogP contribution is -2.14. The summed E-state index contributed by atoms with van der Waals surface area (Å²) in [5.74, 6) is 6.15. The third-order valence-corrected chi connectivity index (χ3v) is 6.23. The van der Waals surface area contributed by atoms with E-state index >= 15 is 0 Å². The number of sulfonamides is 1. The molecule has 4 aromatic rings. The summed E-state index contributed by atoms with van der Waals surface area (Å²) in [7, 11) is -3.87. The van der Waals surface area contributed by atoms with Gasteiger partial charge >= 0.3 is 0 Å². The first-order valence-corrected chi connectivity index (χ1v) is 11.4. The standard InChI is InChI=1S/C25H21N3O2S/c1-3-19-15-20(17-26-16-19)12-14-21-7-4-5-9-23(21)28-31(29,30)24-10-6-8-22-13-11-18(2)27-25(22)24/h4-11,13,15-17,28H,3H2,1-2H3. The molecule has 0 aliphatic rings. The van der Waals surface area contributed by atoms with Crippen LogP contribution in [0.1, 0.15) is 29.3 Å². The normalized spacial score (nSPS) is 11.0. The molecule has 154 valence electrons. The van der Waals surface area contributed by atoms with Crippen LogP contribution in [0.15, 0.2) is 78.0 Å². The molecule has 6 heteroatoms. The molecule has 2 heterocycles. The maximum absolute atomic E-state index is 13.2. The average molecular weight is 428 g/mol. The third kappa shape index (κ3) is 4.57. The van der Waals surface area contributed by atoms with Crippen LogP contribution in [0.25, 0.3) is 10.9 Å². The molecule has 0 saturated carbocycles. The summed E-state index contributed by atoms with van der Waals surface area (Å²) in [6.45, 7) is 3.89. The number of rotatable bonds is 4. The number of nitrogens with zero attached hydrogens (tertiary/aromatic N) is 2. The minimum atomic E-state index is -3.87. The predicted octanol–water partition coefficient (Wildman–Crippen LogP) is 4.70. The summed E-state index contributed by atoms with van der Waals surface area (Å²) in [6, 6.07) is 17.9. The van der Waals surface area contributed by atoms with Gasteiger partial charge in [0.2, 0.25) is 0 Å². The number of pyridine rings is 2. The van der Waals surface area contributed by atoms with Crippen molar-refractivity contribution in [3.05, 3.63) is 95.4 Å². The van der Waals surface area contributed by atoms with Gasteiger partial charge in [0.1, 0.15) is 4.90 Å². The topological polar surface area (TPSA) is 72.0 Å². The molecule has 1 N–H and O–H groups in total. The van der Waals surface area contributed by atoms with Crippen molar-refractivity contribution in [3.8, 4) is 11.8 Å². The number of aromatic nitrogens is 2. The molecule has 0 aliphatic heterocycles. The van der Waals surface area contributed by atoms with Gasteiger partial charge in [-0.3, -0.25) is 14.7 Å². The minimum Gasteiger partial charge on any atom is -0.278 e. The number of para-hydroxylation sites is 2. The molecule has 2 aromatic carbocycles. The summed E-state index contributed by atoms with van der Waals surface area (Å²) < 4.78 is 29.1. The molecule has 31 heavy (non-hydrogen) atoms. The van der Waals surface area contributed by atoms with E-state index in [2.05, 4.69) is 33.5 Å². The molecular formula is C25H21N3O2S. The van der Waals surface area contributed by atoms with E-state index < -0.39 is 10.0 Å². The van der Waals surface area contributed by atoms with Crippen molar-refractivity contribution in [3.63, 3.8) is 0 Å². The van der Waals surface area contributed by atoms with Crippen molar-refractivity contribution in [1.82, 2.24) is 9.97 Å². The lowest BCUT2D eigenvalue weighted by molar-refractivity contribution is 0.602. The number of fused-ring (bicyclic) bond motifs is 1. The van der Waals surface area contributed by atoms with Gasteiger partial charge < -0.3 is 0 Å². The zero-order chi connectivity index (χ0) is 21.8. The highest BCUT2D eigenvalue weighted by Crippen LogP contribution is 2.25. The number of hydrogen-bond donors (Lipinski definition) is 1. The highest BCUT2D eigenvalue weighted by molar-refractivity contribution is 7.93. The maximum atomic E-state index is 13.2. The van der Waals surface area contributed by atoms with Gasteiger partial charge in [0.15, 0.2) is 0 Å². The summed E-state index contributed by atoms with van der Waals surface area (Å²) >= 11 is 0. The van der Waals surface area contributed by atoms with Gasteiger partial charge in [0, 0.05) is 34.6 Å². The van der Waals surface area contributed by atoms with Crippen LogP contribution in [0.2, 0.25) is 0 Å². The number of benzene rings is 2. The number of aryl methyl sites for hydroxylation is 2. The van der Waals surface area contributed by atoms with Gasteiger partial charge in [-0.25, -0.2) is 8.42 Å². The Labute approximate surface area is 182 Å². The van der Waals surface area contributed by atoms with E-state index in [0.717, 1.165) is 28.6 Å². The van der Waals surface area contributed by atoms with Crippen LogP contribution in [0, 0.1) is 18.8 Å². The summed E-state index contributed by atoms with van der Waals surface area (Å²) in [5.41, 5.74) is 4.08. The third-order valence-electron chi connectivity index (χ3n) is 4.83. The molecule has 5 nitrogen and oxygen atoms in total. The van der Waals surface area contributed by atoms with Crippen molar-refractivity contribution in [2.45, 2.75) is 25.2 Å². The molecule has 0 bridgehead atoms. The Balaban J connectivity index is 1.71. The van der Waals surface area contributed by atoms with Crippen LogP contribution < -0.4 is 4.72 Å². The lowest BCUT2D eigenvalue weighted by atomic mass is 10.1.